The maximum Gasteiger partial charge on any atom is 0.279 e. The largest absolute Gasteiger partial charge is 0.494 e. The van der Waals surface area contributed by atoms with Crippen LogP contribution in [0.2, 0.25) is 0 Å². The molecule has 0 spiro atoms. The average molecular weight is 411 g/mol. The van der Waals surface area contributed by atoms with Gasteiger partial charge in [0.1, 0.15) is 0 Å². The van der Waals surface area contributed by atoms with E-state index in [2.05, 4.69) is 4.99 Å². The van der Waals surface area contributed by atoms with E-state index in [-0.39, 0.29) is 16.3 Å². The molecule has 4 rings (SSSR count). The van der Waals surface area contributed by atoms with E-state index in [1.165, 1.54) is 32.3 Å². The normalized spacial score (nSPS) is 14.0. The van der Waals surface area contributed by atoms with Crippen molar-refractivity contribution in [1.82, 2.24) is 8.87 Å². The van der Waals surface area contributed by atoms with Crippen molar-refractivity contribution < 1.29 is 18.3 Å². The molecule has 1 amide bonds. The van der Waals surface area contributed by atoms with Gasteiger partial charge in [0.2, 0.25) is 10.0 Å². The Morgan fingerprint density at radius 1 is 1.17 bits per heavy atom. The summed E-state index contributed by atoms with van der Waals surface area (Å²) in [7, 11) is 0.961. The Hall–Kier alpha value is -2.97. The topological polar surface area (TPSA) is 92.0 Å². The summed E-state index contributed by atoms with van der Waals surface area (Å²) in [5.74, 6) is -0.544. The number of benzene rings is 2. The third-order valence-electron chi connectivity index (χ3n) is 5.35. The first-order valence-corrected chi connectivity index (χ1v) is 10.6. The molecule has 1 aliphatic heterocycles. The van der Waals surface area contributed by atoms with Gasteiger partial charge in [0.05, 0.1) is 26.9 Å². The molecule has 0 fully saturated rings. The molecule has 0 saturated carbocycles. The number of aromatic hydroxyl groups is 1. The van der Waals surface area contributed by atoms with Gasteiger partial charge in [0.15, 0.2) is 5.88 Å². The maximum absolute atomic E-state index is 12.8. The van der Waals surface area contributed by atoms with Gasteiger partial charge in [-0.2, -0.15) is 0 Å². The van der Waals surface area contributed by atoms with Gasteiger partial charge in [0, 0.05) is 31.7 Å². The minimum atomic E-state index is -3.68. The molecule has 29 heavy (non-hydrogen) atoms. The molecule has 1 aliphatic rings. The van der Waals surface area contributed by atoms with Gasteiger partial charge in [-0.25, -0.2) is 17.7 Å². The van der Waals surface area contributed by atoms with Gasteiger partial charge >= 0.3 is 0 Å². The molecule has 3 aromatic rings. The van der Waals surface area contributed by atoms with E-state index in [4.69, 9.17) is 0 Å². The summed E-state index contributed by atoms with van der Waals surface area (Å²) in [6, 6.07) is 10.1. The molecular weight excluding hydrogens is 390 g/mol. The number of aryl methyl sites for hydroxylation is 2. The summed E-state index contributed by atoms with van der Waals surface area (Å²) >= 11 is 0. The number of hydrogen-bond acceptors (Lipinski definition) is 4. The Labute approximate surface area is 168 Å². The standard InChI is InChI=1S/C21H21N3O4S/c1-5-12-7-6-8-14-18(21(26)24(4)19(12)14)17-15-11-13(29(27,28)23(2)3)9-10-16(15)22-20(17)25/h6-11,26H,5H2,1-4H3. The molecule has 0 aliphatic carbocycles. The van der Waals surface area contributed by atoms with Crippen molar-refractivity contribution in [3.63, 3.8) is 0 Å². The Balaban J connectivity index is 2.14. The lowest BCUT2D eigenvalue weighted by atomic mass is 10.00. The van der Waals surface area contributed by atoms with Crippen LogP contribution in [-0.4, -0.2) is 42.4 Å². The Kier molecular flexibility index (Phi) is 4.36. The van der Waals surface area contributed by atoms with E-state index >= 15 is 0 Å². The van der Waals surface area contributed by atoms with Gasteiger partial charge in [-0.05, 0) is 30.2 Å². The predicted octanol–water partition coefficient (Wildman–Crippen LogP) is 1.06. The second kappa shape index (κ2) is 6.53. The third kappa shape index (κ3) is 2.71. The summed E-state index contributed by atoms with van der Waals surface area (Å²) < 4.78 is 27.9. The molecule has 1 aromatic heterocycles. The molecule has 0 radical (unpaired) electrons. The number of rotatable bonds is 4. The summed E-state index contributed by atoms with van der Waals surface area (Å²) in [6.45, 7) is 2.02. The molecule has 1 N–H and O–H groups in total. The Bertz CT molecular complexity index is 1420. The van der Waals surface area contributed by atoms with Crippen molar-refractivity contribution in [3.8, 4) is 5.88 Å². The van der Waals surface area contributed by atoms with Crippen LogP contribution in [0.15, 0.2) is 46.3 Å². The summed E-state index contributed by atoms with van der Waals surface area (Å²) in [5, 5.41) is 12.4. The number of carbonyl (C=O) groups excluding carboxylic acids is 1. The van der Waals surface area contributed by atoms with E-state index in [0.717, 1.165) is 27.2 Å². The highest BCUT2D eigenvalue weighted by molar-refractivity contribution is 7.89. The highest BCUT2D eigenvalue weighted by atomic mass is 32.2. The second-order valence-corrected chi connectivity index (χ2v) is 9.33. The molecule has 2 heterocycles. The maximum atomic E-state index is 12.8. The summed E-state index contributed by atoms with van der Waals surface area (Å²) in [6.07, 6.45) is 0.767. The zero-order valence-corrected chi connectivity index (χ0v) is 17.4. The highest BCUT2D eigenvalue weighted by Gasteiger charge is 2.28. The monoisotopic (exact) mass is 411 g/mol. The first kappa shape index (κ1) is 19.4. The number of para-hydroxylation sites is 1. The molecule has 0 saturated heterocycles. The summed E-state index contributed by atoms with van der Waals surface area (Å²) in [5.41, 5.74) is 2.48. The van der Waals surface area contributed by atoms with Crippen LogP contribution in [0.3, 0.4) is 0 Å². The van der Waals surface area contributed by atoms with E-state index in [0.29, 0.717) is 16.1 Å². The summed E-state index contributed by atoms with van der Waals surface area (Å²) in [4.78, 5) is 16.9. The number of carbonyl (C=O) groups is 1. The van der Waals surface area contributed by atoms with Gasteiger partial charge < -0.3 is 9.67 Å². The fourth-order valence-corrected chi connectivity index (χ4v) is 4.75. The quantitative estimate of drug-likeness (QED) is 0.695. The van der Waals surface area contributed by atoms with Crippen LogP contribution in [0.4, 0.5) is 0 Å². The predicted molar refractivity (Wildman–Crippen MR) is 110 cm³/mol. The molecular formula is C21H21N3O4S. The van der Waals surface area contributed by atoms with Crippen molar-refractivity contribution in [2.24, 2.45) is 12.0 Å². The van der Waals surface area contributed by atoms with Crippen LogP contribution >= 0.6 is 0 Å². The van der Waals surface area contributed by atoms with Crippen LogP contribution in [0.5, 0.6) is 5.88 Å². The van der Waals surface area contributed by atoms with Crippen LogP contribution in [-0.2, 0) is 28.3 Å². The molecule has 150 valence electrons. The minimum absolute atomic E-state index is 0.0480. The second-order valence-electron chi connectivity index (χ2n) is 7.18. The van der Waals surface area contributed by atoms with E-state index in [1.807, 2.05) is 25.1 Å². The molecule has 0 atom stereocenters. The van der Waals surface area contributed by atoms with Crippen molar-refractivity contribution in [3.05, 3.63) is 58.1 Å². The number of hydrogen-bond donors (Lipinski definition) is 1. The van der Waals surface area contributed by atoms with Crippen LogP contribution < -0.4 is 10.6 Å². The van der Waals surface area contributed by atoms with Gasteiger partial charge in [-0.3, -0.25) is 4.79 Å². The fourth-order valence-electron chi connectivity index (χ4n) is 3.82. The Morgan fingerprint density at radius 2 is 1.90 bits per heavy atom. The zero-order valence-electron chi connectivity index (χ0n) is 16.6. The highest BCUT2D eigenvalue weighted by Crippen LogP contribution is 2.37. The Morgan fingerprint density at radius 3 is 2.55 bits per heavy atom. The molecule has 8 heteroatoms. The van der Waals surface area contributed by atoms with Crippen molar-refractivity contribution >= 4 is 32.4 Å². The van der Waals surface area contributed by atoms with E-state index in [9.17, 15) is 18.3 Å². The fraction of sp³-hybridized carbons (Fsp3) is 0.238. The van der Waals surface area contributed by atoms with Crippen LogP contribution in [0.1, 0.15) is 18.1 Å². The number of fused-ring (bicyclic) bond motifs is 2. The van der Waals surface area contributed by atoms with Crippen LogP contribution in [0.25, 0.3) is 16.5 Å². The zero-order chi connectivity index (χ0) is 21.1. The van der Waals surface area contributed by atoms with Crippen molar-refractivity contribution in [2.75, 3.05) is 14.1 Å². The number of aromatic nitrogens is 1. The lowest BCUT2D eigenvalue weighted by Gasteiger charge is -2.10. The van der Waals surface area contributed by atoms with Gasteiger partial charge in [0.25, 0.3) is 5.91 Å². The first-order chi connectivity index (χ1) is 13.7. The lowest BCUT2D eigenvalue weighted by molar-refractivity contribution is -0.112. The van der Waals surface area contributed by atoms with E-state index in [1.54, 1.807) is 11.6 Å². The molecule has 0 unspecified atom stereocenters. The number of amides is 1. The van der Waals surface area contributed by atoms with Gasteiger partial charge in [-0.1, -0.05) is 25.1 Å². The van der Waals surface area contributed by atoms with Gasteiger partial charge in [-0.15, -0.1) is 0 Å². The minimum Gasteiger partial charge on any atom is -0.494 e. The average Bonchev–Trinajstić information content (AvgIpc) is 3.14. The third-order valence-corrected chi connectivity index (χ3v) is 7.16. The molecule has 2 aromatic carbocycles. The van der Waals surface area contributed by atoms with E-state index < -0.39 is 15.9 Å². The lowest BCUT2D eigenvalue weighted by Crippen LogP contribution is -2.28. The van der Waals surface area contributed by atoms with Crippen molar-refractivity contribution in [2.45, 2.75) is 18.2 Å². The van der Waals surface area contributed by atoms with Crippen LogP contribution in [0, 0.1) is 0 Å². The number of nitrogens with zero attached hydrogens (tertiary/aromatic N) is 3. The van der Waals surface area contributed by atoms with Crippen molar-refractivity contribution in [1.29, 1.82) is 0 Å². The smallest absolute Gasteiger partial charge is 0.279 e. The molecule has 0 bridgehead atoms. The first-order valence-electron chi connectivity index (χ1n) is 9.18. The SMILES string of the molecule is CCc1cccc2c(C3=c4cc(S(=O)(=O)N(C)C)ccc4=NC3=O)c(O)n(C)c12. The molecule has 7 nitrogen and oxygen atoms in total. The number of sulfonamides is 1.